The van der Waals surface area contributed by atoms with Crippen LogP contribution in [0.4, 0.5) is 0 Å². The largest absolute Gasteiger partial charge is 0.423 e. The number of carbonyl (C=O) groups excluding carboxylic acids is 1. The van der Waals surface area contributed by atoms with Crippen LogP contribution >= 0.6 is 46.4 Å². The summed E-state index contributed by atoms with van der Waals surface area (Å²) in [6.07, 6.45) is 3.27. The number of nitriles is 1. The van der Waals surface area contributed by atoms with Crippen molar-refractivity contribution in [1.82, 2.24) is 0 Å². The summed E-state index contributed by atoms with van der Waals surface area (Å²) < 4.78 is 5.31. The predicted molar refractivity (Wildman–Crippen MR) is 90.1 cm³/mol. The van der Waals surface area contributed by atoms with Gasteiger partial charge in [0.25, 0.3) is 0 Å². The van der Waals surface area contributed by atoms with Crippen LogP contribution in [0.3, 0.4) is 0 Å². The number of hydrogen-bond acceptors (Lipinski definition) is 3. The molecule has 0 fully saturated rings. The number of unbranched alkanes of at least 4 members (excludes halogenated alkanes) is 1. The first kappa shape index (κ1) is 19.4. The van der Waals surface area contributed by atoms with Gasteiger partial charge in [0.05, 0.1) is 21.5 Å². The molecule has 0 N–H and O–H groups in total. The predicted octanol–water partition coefficient (Wildman–Crippen LogP) is 6.29. The summed E-state index contributed by atoms with van der Waals surface area (Å²) in [5.41, 5.74) is -0.0452. The maximum absolute atomic E-state index is 12.2. The van der Waals surface area contributed by atoms with Crippen LogP contribution in [0.5, 0.6) is 5.75 Å². The first-order valence-corrected chi connectivity index (χ1v) is 8.37. The van der Waals surface area contributed by atoms with E-state index < -0.39 is 5.97 Å². The lowest BCUT2D eigenvalue weighted by molar-refractivity contribution is -0.139. The minimum atomic E-state index is -0.434. The average molecular weight is 383 g/mol. The molecule has 1 atom stereocenters. The number of rotatable bonds is 6. The number of hydrogen-bond donors (Lipinski definition) is 0. The molecule has 7 heteroatoms. The number of benzene rings is 1. The van der Waals surface area contributed by atoms with Crippen molar-refractivity contribution in [2.75, 3.05) is 0 Å². The lowest BCUT2D eigenvalue weighted by atomic mass is 10.00. The summed E-state index contributed by atoms with van der Waals surface area (Å²) in [7, 11) is 0. The van der Waals surface area contributed by atoms with Gasteiger partial charge in [-0.2, -0.15) is 5.26 Å². The van der Waals surface area contributed by atoms with Crippen LogP contribution in [0.15, 0.2) is 0 Å². The van der Waals surface area contributed by atoms with Gasteiger partial charge in [-0.3, -0.25) is 4.79 Å². The van der Waals surface area contributed by atoms with E-state index in [1.807, 2.05) is 19.9 Å². The monoisotopic (exact) mass is 381 g/mol. The molecular weight excluding hydrogens is 368 g/mol. The lowest BCUT2D eigenvalue weighted by Gasteiger charge is -2.16. The molecule has 1 unspecified atom stereocenters. The van der Waals surface area contributed by atoms with Gasteiger partial charge in [-0.1, -0.05) is 73.1 Å². The summed E-state index contributed by atoms with van der Waals surface area (Å²) in [5, 5.41) is 8.66. The zero-order chi connectivity index (χ0) is 16.9. The highest BCUT2D eigenvalue weighted by Crippen LogP contribution is 2.46. The number of nitrogens with zero attached hydrogens (tertiary/aromatic N) is 1. The Balaban J connectivity index is 3.13. The molecule has 3 nitrogen and oxygen atoms in total. The summed E-state index contributed by atoms with van der Waals surface area (Å²) in [5.74, 6) is -0.783. The summed E-state index contributed by atoms with van der Waals surface area (Å²) in [4.78, 5) is 12.2. The highest BCUT2D eigenvalue weighted by Gasteiger charge is 2.26. The fourth-order valence-electron chi connectivity index (χ4n) is 1.92. The third-order valence-electron chi connectivity index (χ3n) is 3.27. The van der Waals surface area contributed by atoms with E-state index in [-0.39, 0.29) is 37.3 Å². The van der Waals surface area contributed by atoms with E-state index in [0.29, 0.717) is 6.42 Å². The van der Waals surface area contributed by atoms with Gasteiger partial charge in [0.15, 0.2) is 5.75 Å². The molecule has 0 saturated heterocycles. The van der Waals surface area contributed by atoms with Crippen LogP contribution in [0.1, 0.15) is 45.1 Å². The second-order valence-corrected chi connectivity index (χ2v) is 6.25. The van der Waals surface area contributed by atoms with Crippen molar-refractivity contribution < 1.29 is 9.53 Å². The van der Waals surface area contributed by atoms with Crippen LogP contribution in [0.2, 0.25) is 20.1 Å². The quantitative estimate of drug-likeness (QED) is 0.329. The molecule has 0 aliphatic carbocycles. The van der Waals surface area contributed by atoms with Gasteiger partial charge in [-0.15, -0.1) is 0 Å². The molecule has 0 amide bonds. The topological polar surface area (TPSA) is 50.1 Å². The second-order valence-electron chi connectivity index (χ2n) is 4.74. The first-order valence-electron chi connectivity index (χ1n) is 6.86. The minimum absolute atomic E-state index is 0.0452. The van der Waals surface area contributed by atoms with E-state index in [1.165, 1.54) is 0 Å². The third-order valence-corrected chi connectivity index (χ3v) is 4.94. The van der Waals surface area contributed by atoms with E-state index in [1.54, 1.807) is 0 Å². The van der Waals surface area contributed by atoms with Crippen molar-refractivity contribution in [1.29, 1.82) is 5.26 Å². The summed E-state index contributed by atoms with van der Waals surface area (Å²) >= 11 is 24.0. The Bertz CT molecular complexity index is 582. The Morgan fingerprint density at radius 1 is 1.14 bits per heavy atom. The van der Waals surface area contributed by atoms with E-state index in [9.17, 15) is 4.79 Å². The highest BCUT2D eigenvalue weighted by molar-refractivity contribution is 6.50. The van der Waals surface area contributed by atoms with E-state index in [4.69, 9.17) is 56.4 Å². The van der Waals surface area contributed by atoms with Gasteiger partial charge in [-0.05, 0) is 12.8 Å². The summed E-state index contributed by atoms with van der Waals surface area (Å²) in [6, 6.07) is 1.81. The molecule has 120 valence electrons. The van der Waals surface area contributed by atoms with Gasteiger partial charge in [0, 0.05) is 0 Å². The van der Waals surface area contributed by atoms with Crippen molar-refractivity contribution in [2.45, 2.75) is 39.5 Å². The molecule has 1 aromatic rings. The van der Waals surface area contributed by atoms with Crippen molar-refractivity contribution in [3.8, 4) is 11.8 Å². The molecule has 22 heavy (non-hydrogen) atoms. The van der Waals surface area contributed by atoms with E-state index >= 15 is 0 Å². The van der Waals surface area contributed by atoms with Crippen LogP contribution in [0, 0.1) is 17.2 Å². The summed E-state index contributed by atoms with van der Waals surface area (Å²) in [6.45, 7) is 3.95. The Kier molecular flexibility index (Phi) is 7.79. The number of carbonyl (C=O) groups is 1. The molecule has 0 aromatic heterocycles. The second kappa shape index (κ2) is 8.84. The maximum Gasteiger partial charge on any atom is 0.314 e. The van der Waals surface area contributed by atoms with Gasteiger partial charge in [0.1, 0.15) is 16.1 Å². The Hall–Kier alpha value is -0.660. The molecule has 0 spiro atoms. The Labute approximate surface area is 150 Å². The lowest BCUT2D eigenvalue weighted by Crippen LogP contribution is -2.20. The SMILES string of the molecule is CCCCC(CC)C(=O)Oc1c(Cl)c(Cl)c(C#N)c(Cl)c1Cl. The van der Waals surface area contributed by atoms with Gasteiger partial charge >= 0.3 is 5.97 Å². The Morgan fingerprint density at radius 3 is 2.09 bits per heavy atom. The first-order chi connectivity index (χ1) is 10.4. The molecule has 0 radical (unpaired) electrons. The molecule has 0 saturated carbocycles. The molecule has 1 aromatic carbocycles. The normalized spacial score (nSPS) is 11.9. The fourth-order valence-corrected chi connectivity index (χ4v) is 2.92. The average Bonchev–Trinajstić information content (AvgIpc) is 2.51. The zero-order valence-corrected chi connectivity index (χ0v) is 15.2. The smallest absolute Gasteiger partial charge is 0.314 e. The highest BCUT2D eigenvalue weighted by atomic mass is 35.5. The van der Waals surface area contributed by atoms with E-state index in [2.05, 4.69) is 0 Å². The minimum Gasteiger partial charge on any atom is -0.423 e. The van der Waals surface area contributed by atoms with Gasteiger partial charge < -0.3 is 4.74 Å². The Morgan fingerprint density at radius 2 is 1.68 bits per heavy atom. The standard InChI is InChI=1S/C15H15Cl4NO2/c1-3-5-6-8(4-2)15(21)22-14-12(18)10(16)9(7-20)11(17)13(14)19/h8H,3-6H2,1-2H3. The molecular formula is C15H15Cl4NO2. The van der Waals surface area contributed by atoms with Gasteiger partial charge in [0.2, 0.25) is 0 Å². The van der Waals surface area contributed by atoms with Crippen molar-refractivity contribution in [2.24, 2.45) is 5.92 Å². The van der Waals surface area contributed by atoms with Crippen molar-refractivity contribution >= 4 is 52.4 Å². The van der Waals surface area contributed by atoms with Crippen LogP contribution in [0.25, 0.3) is 0 Å². The molecule has 0 aliphatic heterocycles. The van der Waals surface area contributed by atoms with E-state index in [0.717, 1.165) is 19.3 Å². The third kappa shape index (κ3) is 4.20. The van der Waals surface area contributed by atoms with Gasteiger partial charge in [-0.25, -0.2) is 0 Å². The molecule has 0 aliphatic rings. The van der Waals surface area contributed by atoms with Crippen molar-refractivity contribution in [3.63, 3.8) is 0 Å². The fraction of sp³-hybridized carbons (Fsp3) is 0.467. The van der Waals surface area contributed by atoms with Crippen molar-refractivity contribution in [3.05, 3.63) is 25.7 Å². The maximum atomic E-state index is 12.2. The van der Waals surface area contributed by atoms with Crippen LogP contribution in [-0.2, 0) is 4.79 Å². The zero-order valence-electron chi connectivity index (χ0n) is 12.2. The molecule has 0 bridgehead atoms. The molecule has 1 rings (SSSR count). The van der Waals surface area contributed by atoms with Crippen LogP contribution in [-0.4, -0.2) is 5.97 Å². The number of halogens is 4. The number of ether oxygens (including phenoxy) is 1. The molecule has 0 heterocycles. The number of esters is 1. The van der Waals surface area contributed by atoms with Crippen LogP contribution < -0.4 is 4.74 Å².